The maximum Gasteiger partial charge on any atom is 0.225 e. The lowest BCUT2D eigenvalue weighted by Crippen LogP contribution is -2.50. The fourth-order valence-electron chi connectivity index (χ4n) is 2.69. The van der Waals surface area contributed by atoms with E-state index in [1.165, 1.54) is 6.42 Å². The molecule has 0 aliphatic carbocycles. The van der Waals surface area contributed by atoms with Crippen LogP contribution in [0.25, 0.3) is 0 Å². The van der Waals surface area contributed by atoms with E-state index in [0.717, 1.165) is 32.1 Å². The summed E-state index contributed by atoms with van der Waals surface area (Å²) in [5, 5.41) is 3.24. The lowest BCUT2D eigenvalue weighted by Gasteiger charge is -2.34. The number of hydrogen-bond acceptors (Lipinski definition) is 2. The van der Waals surface area contributed by atoms with Crippen LogP contribution in [0.4, 0.5) is 0 Å². The Morgan fingerprint density at radius 2 is 1.88 bits per heavy atom. The minimum Gasteiger partial charge on any atom is -0.342 e. The normalized spacial score (nSPS) is 26.6. The molecule has 2 atom stereocenters. The first kappa shape index (κ1) is 14.8. The van der Waals surface area contributed by atoms with Crippen molar-refractivity contribution < 1.29 is 4.79 Å². The van der Waals surface area contributed by atoms with Gasteiger partial charge in [0.15, 0.2) is 0 Å². The lowest BCUT2D eigenvalue weighted by atomic mass is 9.88. The second kappa shape index (κ2) is 6.05. The number of carbonyl (C=O) groups excluding carboxylic acids is 1. The maximum absolute atomic E-state index is 12.2. The minimum atomic E-state index is 0. The predicted molar refractivity (Wildman–Crippen MR) is 72.3 cm³/mol. The van der Waals surface area contributed by atoms with Gasteiger partial charge in [-0.1, -0.05) is 20.8 Å². The zero-order valence-electron chi connectivity index (χ0n) is 11.1. The summed E-state index contributed by atoms with van der Waals surface area (Å²) >= 11 is 0. The van der Waals surface area contributed by atoms with Crippen LogP contribution in [-0.4, -0.2) is 37.0 Å². The number of hydrogen-bond donors (Lipinski definition) is 1. The van der Waals surface area contributed by atoms with Crippen LogP contribution in [0.5, 0.6) is 0 Å². The van der Waals surface area contributed by atoms with E-state index in [1.807, 2.05) is 0 Å². The predicted octanol–water partition coefficient (Wildman–Crippen LogP) is 1.77. The molecule has 2 aliphatic heterocycles. The summed E-state index contributed by atoms with van der Waals surface area (Å²) in [7, 11) is 0. The molecule has 17 heavy (non-hydrogen) atoms. The monoisotopic (exact) mass is 260 g/mol. The first-order chi connectivity index (χ1) is 7.59. The van der Waals surface area contributed by atoms with Gasteiger partial charge in [0.2, 0.25) is 5.91 Å². The summed E-state index contributed by atoms with van der Waals surface area (Å²) < 4.78 is 0. The number of rotatable bonds is 3. The SMILES string of the molecule is CC(C)C1CCN(C(=O)C(C)C2CNC2)C1.Cl. The number of amides is 1. The van der Waals surface area contributed by atoms with Crippen LogP contribution < -0.4 is 5.32 Å². The molecular weight excluding hydrogens is 236 g/mol. The molecule has 0 aromatic heterocycles. The van der Waals surface area contributed by atoms with Crippen molar-refractivity contribution in [1.82, 2.24) is 10.2 Å². The Balaban J connectivity index is 0.00000144. The summed E-state index contributed by atoms with van der Waals surface area (Å²) in [5.74, 6) is 2.60. The van der Waals surface area contributed by atoms with Gasteiger partial charge in [-0.05, 0) is 37.3 Å². The Bertz CT molecular complexity index is 266. The zero-order chi connectivity index (χ0) is 11.7. The van der Waals surface area contributed by atoms with Crippen molar-refractivity contribution in [2.75, 3.05) is 26.2 Å². The van der Waals surface area contributed by atoms with E-state index in [4.69, 9.17) is 0 Å². The van der Waals surface area contributed by atoms with Crippen molar-refractivity contribution in [3.63, 3.8) is 0 Å². The highest BCUT2D eigenvalue weighted by Crippen LogP contribution is 2.27. The van der Waals surface area contributed by atoms with E-state index in [0.29, 0.717) is 17.7 Å². The third-order valence-electron chi connectivity index (χ3n) is 4.39. The minimum absolute atomic E-state index is 0. The van der Waals surface area contributed by atoms with Crippen LogP contribution >= 0.6 is 12.4 Å². The summed E-state index contributed by atoms with van der Waals surface area (Å²) in [6.07, 6.45) is 1.19. The molecule has 0 bridgehead atoms. The van der Waals surface area contributed by atoms with E-state index in [-0.39, 0.29) is 18.3 Å². The van der Waals surface area contributed by atoms with Gasteiger partial charge >= 0.3 is 0 Å². The molecule has 2 heterocycles. The molecule has 2 saturated heterocycles. The van der Waals surface area contributed by atoms with Crippen molar-refractivity contribution in [3.05, 3.63) is 0 Å². The average molecular weight is 261 g/mol. The Morgan fingerprint density at radius 3 is 2.29 bits per heavy atom. The molecule has 0 aromatic rings. The second-order valence-corrected chi connectivity index (χ2v) is 5.78. The molecule has 2 rings (SSSR count). The Hall–Kier alpha value is -0.280. The average Bonchev–Trinajstić information content (AvgIpc) is 2.62. The van der Waals surface area contributed by atoms with Gasteiger partial charge < -0.3 is 10.2 Å². The molecule has 0 spiro atoms. The number of halogens is 1. The molecule has 1 N–H and O–H groups in total. The van der Waals surface area contributed by atoms with Crippen molar-refractivity contribution >= 4 is 18.3 Å². The van der Waals surface area contributed by atoms with Gasteiger partial charge in [0.05, 0.1) is 0 Å². The van der Waals surface area contributed by atoms with Gasteiger partial charge in [-0.25, -0.2) is 0 Å². The highest BCUT2D eigenvalue weighted by molar-refractivity contribution is 5.85. The van der Waals surface area contributed by atoms with E-state index in [9.17, 15) is 4.79 Å². The molecular formula is C13H25ClN2O. The third-order valence-corrected chi connectivity index (χ3v) is 4.39. The van der Waals surface area contributed by atoms with Crippen LogP contribution in [-0.2, 0) is 4.79 Å². The smallest absolute Gasteiger partial charge is 0.225 e. The van der Waals surface area contributed by atoms with Gasteiger partial charge in [-0.15, -0.1) is 12.4 Å². The molecule has 4 heteroatoms. The summed E-state index contributed by atoms with van der Waals surface area (Å²) in [6, 6.07) is 0. The Labute approximate surface area is 111 Å². The number of carbonyl (C=O) groups is 1. The summed E-state index contributed by atoms with van der Waals surface area (Å²) in [6.45, 7) is 10.6. The molecule has 1 amide bonds. The summed E-state index contributed by atoms with van der Waals surface area (Å²) in [4.78, 5) is 14.3. The van der Waals surface area contributed by atoms with Crippen molar-refractivity contribution in [2.45, 2.75) is 27.2 Å². The zero-order valence-corrected chi connectivity index (χ0v) is 11.9. The van der Waals surface area contributed by atoms with E-state index in [1.54, 1.807) is 0 Å². The maximum atomic E-state index is 12.2. The molecule has 0 aromatic carbocycles. The number of nitrogens with zero attached hydrogens (tertiary/aromatic N) is 1. The van der Waals surface area contributed by atoms with Gasteiger partial charge in [0.25, 0.3) is 0 Å². The molecule has 0 radical (unpaired) electrons. The van der Waals surface area contributed by atoms with Gasteiger partial charge in [0.1, 0.15) is 0 Å². The van der Waals surface area contributed by atoms with Crippen molar-refractivity contribution in [1.29, 1.82) is 0 Å². The highest BCUT2D eigenvalue weighted by atomic mass is 35.5. The molecule has 2 aliphatic rings. The van der Waals surface area contributed by atoms with Gasteiger partial charge in [-0.2, -0.15) is 0 Å². The van der Waals surface area contributed by atoms with Crippen molar-refractivity contribution in [2.24, 2.45) is 23.7 Å². The second-order valence-electron chi connectivity index (χ2n) is 5.78. The molecule has 2 unspecified atom stereocenters. The third kappa shape index (κ3) is 3.14. The highest BCUT2D eigenvalue weighted by Gasteiger charge is 2.35. The quantitative estimate of drug-likeness (QED) is 0.839. The van der Waals surface area contributed by atoms with Crippen LogP contribution in [0.15, 0.2) is 0 Å². The molecule has 100 valence electrons. The van der Waals surface area contributed by atoms with Crippen molar-refractivity contribution in [3.8, 4) is 0 Å². The van der Waals surface area contributed by atoms with E-state index >= 15 is 0 Å². The van der Waals surface area contributed by atoms with Gasteiger partial charge in [0, 0.05) is 19.0 Å². The first-order valence-corrected chi connectivity index (χ1v) is 6.59. The van der Waals surface area contributed by atoms with Gasteiger partial charge in [-0.3, -0.25) is 4.79 Å². The topological polar surface area (TPSA) is 32.3 Å². The standard InChI is InChI=1S/C13H24N2O.ClH/c1-9(2)11-4-5-15(8-11)13(16)10(3)12-6-14-7-12;/h9-12,14H,4-8H2,1-3H3;1H. The van der Waals surface area contributed by atoms with Crippen LogP contribution in [0.3, 0.4) is 0 Å². The Kier molecular flexibility index (Phi) is 5.26. The Morgan fingerprint density at radius 1 is 1.24 bits per heavy atom. The fourth-order valence-corrected chi connectivity index (χ4v) is 2.69. The van der Waals surface area contributed by atoms with E-state index < -0.39 is 0 Å². The molecule has 2 fully saturated rings. The molecule has 3 nitrogen and oxygen atoms in total. The number of nitrogens with one attached hydrogen (secondary N) is 1. The first-order valence-electron chi connectivity index (χ1n) is 6.59. The van der Waals surface area contributed by atoms with Crippen LogP contribution in [0, 0.1) is 23.7 Å². The van der Waals surface area contributed by atoms with E-state index in [2.05, 4.69) is 31.0 Å². The largest absolute Gasteiger partial charge is 0.342 e. The molecule has 0 saturated carbocycles. The fraction of sp³-hybridized carbons (Fsp3) is 0.923. The lowest BCUT2D eigenvalue weighted by molar-refractivity contribution is -0.136. The summed E-state index contributed by atoms with van der Waals surface area (Å²) in [5.41, 5.74) is 0. The van der Waals surface area contributed by atoms with Crippen LogP contribution in [0.2, 0.25) is 0 Å². The van der Waals surface area contributed by atoms with Crippen LogP contribution in [0.1, 0.15) is 27.2 Å². The number of likely N-dealkylation sites (tertiary alicyclic amines) is 1.